The molecule has 0 fully saturated rings. The minimum Gasteiger partial charge on any atom is -0.325 e. The topological polar surface area (TPSA) is 26.0 Å². The van der Waals surface area contributed by atoms with E-state index in [1.54, 1.807) is 0 Å². The van der Waals surface area contributed by atoms with Gasteiger partial charge in [0.2, 0.25) is 0 Å². The third kappa shape index (κ3) is 5.21. The van der Waals surface area contributed by atoms with Gasteiger partial charge in [0.15, 0.2) is 0 Å². The molecule has 0 aliphatic rings. The smallest absolute Gasteiger partial charge is 0.0189 e. The number of hydrogen-bond donors (Lipinski definition) is 1. The number of benzene rings is 2. The van der Waals surface area contributed by atoms with Crippen LogP contribution in [0.15, 0.2) is 48.5 Å². The number of aryl methyl sites for hydroxylation is 1. The van der Waals surface area contributed by atoms with Crippen LogP contribution in [0, 0.1) is 0 Å². The van der Waals surface area contributed by atoms with Crippen LogP contribution in [0.5, 0.6) is 0 Å². The first-order valence-corrected chi connectivity index (χ1v) is 9.57. The number of rotatable bonds is 9. The standard InChI is InChI=1S/C23H33N/c1-4-7-8-9-19-10-14-21(15-11-19)22-16-12-20(13-17-22)18-23(24,5-2)6-3/h10-17H,4-9,18,24H2,1-3H3. The van der Waals surface area contributed by atoms with Crippen molar-refractivity contribution in [3.8, 4) is 11.1 Å². The lowest BCUT2D eigenvalue weighted by Gasteiger charge is -2.26. The van der Waals surface area contributed by atoms with E-state index in [-0.39, 0.29) is 5.54 Å². The predicted molar refractivity (Wildman–Crippen MR) is 106 cm³/mol. The van der Waals surface area contributed by atoms with E-state index < -0.39 is 0 Å². The molecular weight excluding hydrogens is 290 g/mol. The predicted octanol–water partition coefficient (Wildman–Crippen LogP) is 6.15. The fourth-order valence-electron chi connectivity index (χ4n) is 3.16. The lowest BCUT2D eigenvalue weighted by molar-refractivity contribution is 0.393. The molecule has 1 heteroatoms. The SMILES string of the molecule is CCCCCc1ccc(-c2ccc(CC(N)(CC)CC)cc2)cc1. The van der Waals surface area contributed by atoms with E-state index in [1.165, 1.54) is 47.9 Å². The normalized spacial score (nSPS) is 11.7. The van der Waals surface area contributed by atoms with Gasteiger partial charge in [0.1, 0.15) is 0 Å². The molecule has 0 atom stereocenters. The molecular formula is C23H33N. The van der Waals surface area contributed by atoms with Crippen LogP contribution < -0.4 is 5.73 Å². The van der Waals surface area contributed by atoms with Crippen molar-refractivity contribution < 1.29 is 0 Å². The van der Waals surface area contributed by atoms with Crippen molar-refractivity contribution in [2.75, 3.05) is 0 Å². The molecule has 130 valence electrons. The van der Waals surface area contributed by atoms with E-state index in [2.05, 4.69) is 69.3 Å². The average molecular weight is 324 g/mol. The molecule has 24 heavy (non-hydrogen) atoms. The molecule has 0 bridgehead atoms. The van der Waals surface area contributed by atoms with Crippen LogP contribution in [-0.4, -0.2) is 5.54 Å². The molecule has 0 spiro atoms. The molecule has 2 rings (SSSR count). The zero-order valence-electron chi connectivity index (χ0n) is 15.6. The fraction of sp³-hybridized carbons (Fsp3) is 0.478. The molecule has 0 aromatic heterocycles. The minimum atomic E-state index is -0.0678. The summed E-state index contributed by atoms with van der Waals surface area (Å²) in [6, 6.07) is 18.0. The third-order valence-electron chi connectivity index (χ3n) is 5.27. The highest BCUT2D eigenvalue weighted by molar-refractivity contribution is 5.64. The number of hydrogen-bond acceptors (Lipinski definition) is 1. The molecule has 2 aromatic carbocycles. The van der Waals surface area contributed by atoms with Gasteiger partial charge in [-0.2, -0.15) is 0 Å². The summed E-state index contributed by atoms with van der Waals surface area (Å²) in [7, 11) is 0. The first-order chi connectivity index (χ1) is 11.6. The van der Waals surface area contributed by atoms with E-state index in [4.69, 9.17) is 5.73 Å². The van der Waals surface area contributed by atoms with Gasteiger partial charge in [0, 0.05) is 5.54 Å². The molecule has 0 saturated heterocycles. The Kier molecular flexibility index (Phi) is 7.05. The van der Waals surface area contributed by atoms with Gasteiger partial charge in [0.25, 0.3) is 0 Å². The maximum atomic E-state index is 6.44. The first-order valence-electron chi connectivity index (χ1n) is 9.57. The van der Waals surface area contributed by atoms with Crippen LogP contribution in [0.1, 0.15) is 64.0 Å². The second kappa shape index (κ2) is 9.03. The van der Waals surface area contributed by atoms with Gasteiger partial charge in [-0.05, 0) is 54.4 Å². The summed E-state index contributed by atoms with van der Waals surface area (Å²) in [4.78, 5) is 0. The number of nitrogens with two attached hydrogens (primary N) is 1. The average Bonchev–Trinajstić information content (AvgIpc) is 2.63. The van der Waals surface area contributed by atoms with Crippen LogP contribution >= 0.6 is 0 Å². The Bertz CT molecular complexity index is 591. The van der Waals surface area contributed by atoms with E-state index in [0.717, 1.165) is 19.3 Å². The van der Waals surface area contributed by atoms with Crippen molar-refractivity contribution in [3.05, 3.63) is 59.7 Å². The Balaban J connectivity index is 2.02. The Morgan fingerprint density at radius 2 is 1.21 bits per heavy atom. The van der Waals surface area contributed by atoms with Gasteiger partial charge in [0.05, 0.1) is 0 Å². The summed E-state index contributed by atoms with van der Waals surface area (Å²) in [5.74, 6) is 0. The lowest BCUT2D eigenvalue weighted by atomic mass is 9.86. The van der Waals surface area contributed by atoms with Gasteiger partial charge >= 0.3 is 0 Å². The summed E-state index contributed by atoms with van der Waals surface area (Å²) >= 11 is 0. The second-order valence-corrected chi connectivity index (χ2v) is 7.10. The van der Waals surface area contributed by atoms with Gasteiger partial charge in [-0.3, -0.25) is 0 Å². The quantitative estimate of drug-likeness (QED) is 0.551. The van der Waals surface area contributed by atoms with Crippen molar-refractivity contribution in [3.63, 3.8) is 0 Å². The van der Waals surface area contributed by atoms with E-state index in [0.29, 0.717) is 0 Å². The van der Waals surface area contributed by atoms with E-state index in [9.17, 15) is 0 Å². The molecule has 0 aliphatic carbocycles. The molecule has 0 unspecified atom stereocenters. The monoisotopic (exact) mass is 323 g/mol. The van der Waals surface area contributed by atoms with Gasteiger partial charge < -0.3 is 5.73 Å². The summed E-state index contributed by atoms with van der Waals surface area (Å²) < 4.78 is 0. The van der Waals surface area contributed by atoms with Crippen LogP contribution in [-0.2, 0) is 12.8 Å². The number of unbranched alkanes of at least 4 members (excludes halogenated alkanes) is 2. The highest BCUT2D eigenvalue weighted by Crippen LogP contribution is 2.23. The Morgan fingerprint density at radius 1 is 0.708 bits per heavy atom. The largest absolute Gasteiger partial charge is 0.325 e. The summed E-state index contributed by atoms with van der Waals surface area (Å²) in [5, 5.41) is 0. The van der Waals surface area contributed by atoms with Crippen molar-refractivity contribution >= 4 is 0 Å². The molecule has 2 N–H and O–H groups in total. The van der Waals surface area contributed by atoms with Crippen molar-refractivity contribution in [1.29, 1.82) is 0 Å². The highest BCUT2D eigenvalue weighted by Gasteiger charge is 2.20. The fourth-order valence-corrected chi connectivity index (χ4v) is 3.16. The van der Waals surface area contributed by atoms with Crippen molar-refractivity contribution in [1.82, 2.24) is 0 Å². The lowest BCUT2D eigenvalue weighted by Crippen LogP contribution is -2.40. The maximum Gasteiger partial charge on any atom is 0.0189 e. The molecule has 0 amide bonds. The van der Waals surface area contributed by atoms with Crippen LogP contribution in [0.2, 0.25) is 0 Å². The summed E-state index contributed by atoms with van der Waals surface area (Å²) in [6.45, 7) is 6.61. The Hall–Kier alpha value is -1.60. The van der Waals surface area contributed by atoms with Gasteiger partial charge in [-0.25, -0.2) is 0 Å². The Morgan fingerprint density at radius 3 is 1.67 bits per heavy atom. The van der Waals surface area contributed by atoms with Crippen molar-refractivity contribution in [2.24, 2.45) is 5.73 Å². The zero-order valence-corrected chi connectivity index (χ0v) is 15.6. The molecule has 0 heterocycles. The molecule has 1 nitrogen and oxygen atoms in total. The molecule has 0 saturated carbocycles. The molecule has 2 aromatic rings. The summed E-state index contributed by atoms with van der Waals surface area (Å²) in [5.41, 5.74) is 11.7. The van der Waals surface area contributed by atoms with Crippen LogP contribution in [0.25, 0.3) is 11.1 Å². The summed E-state index contributed by atoms with van der Waals surface area (Å²) in [6.07, 6.45) is 8.08. The van der Waals surface area contributed by atoms with E-state index >= 15 is 0 Å². The highest BCUT2D eigenvalue weighted by atomic mass is 14.7. The third-order valence-corrected chi connectivity index (χ3v) is 5.27. The second-order valence-electron chi connectivity index (χ2n) is 7.10. The van der Waals surface area contributed by atoms with Crippen LogP contribution in [0.3, 0.4) is 0 Å². The minimum absolute atomic E-state index is 0.0678. The van der Waals surface area contributed by atoms with E-state index in [1.807, 2.05) is 0 Å². The van der Waals surface area contributed by atoms with Gasteiger partial charge in [-0.15, -0.1) is 0 Å². The Labute approximate surface area is 148 Å². The van der Waals surface area contributed by atoms with Crippen LogP contribution in [0.4, 0.5) is 0 Å². The first kappa shape index (κ1) is 18.7. The molecule has 0 aliphatic heterocycles. The van der Waals surface area contributed by atoms with Crippen molar-refractivity contribution in [2.45, 2.75) is 71.3 Å². The maximum absolute atomic E-state index is 6.44. The zero-order chi connectivity index (χ0) is 17.4. The molecule has 0 radical (unpaired) electrons. The van der Waals surface area contributed by atoms with Gasteiger partial charge in [-0.1, -0.05) is 82.1 Å².